The number of dihydropyridines is 1. The molecule has 3 aromatic rings. The minimum atomic E-state index is -0.616. The van der Waals surface area contributed by atoms with Crippen LogP contribution in [0, 0.1) is 0 Å². The van der Waals surface area contributed by atoms with Crippen molar-refractivity contribution in [2.45, 2.75) is 38.5 Å². The lowest BCUT2D eigenvalue weighted by atomic mass is 9.72. The van der Waals surface area contributed by atoms with Crippen molar-refractivity contribution < 1.29 is 28.6 Å². The molecule has 0 amide bonds. The fourth-order valence-corrected chi connectivity index (χ4v) is 5.39. The summed E-state index contributed by atoms with van der Waals surface area (Å²) >= 11 is 0. The Hall–Kier alpha value is -4.65. The van der Waals surface area contributed by atoms with Crippen LogP contribution < -0.4 is 14.8 Å². The van der Waals surface area contributed by atoms with E-state index in [0.29, 0.717) is 41.2 Å². The molecule has 2 unspecified atom stereocenters. The number of para-hydroxylation sites is 1. The Kier molecular flexibility index (Phi) is 8.10. The third-order valence-corrected chi connectivity index (χ3v) is 7.12. The molecule has 0 spiro atoms. The van der Waals surface area contributed by atoms with Gasteiger partial charge in [-0.1, -0.05) is 60.7 Å². The van der Waals surface area contributed by atoms with Crippen molar-refractivity contribution in [3.05, 3.63) is 119 Å². The van der Waals surface area contributed by atoms with Crippen molar-refractivity contribution in [1.29, 1.82) is 0 Å². The summed E-state index contributed by atoms with van der Waals surface area (Å²) in [5.41, 5.74) is 4.26. The van der Waals surface area contributed by atoms with E-state index in [-0.39, 0.29) is 24.9 Å². The van der Waals surface area contributed by atoms with Gasteiger partial charge in [0.2, 0.25) is 0 Å². The van der Waals surface area contributed by atoms with Crippen LogP contribution in [0.3, 0.4) is 0 Å². The van der Waals surface area contributed by atoms with Crippen LogP contribution in [0.2, 0.25) is 0 Å². The summed E-state index contributed by atoms with van der Waals surface area (Å²) in [6, 6.07) is 26.2. The Bertz CT molecular complexity index is 1460. The molecule has 1 aliphatic carbocycles. The van der Waals surface area contributed by atoms with Gasteiger partial charge in [-0.2, -0.15) is 0 Å². The first kappa shape index (κ1) is 26.9. The van der Waals surface area contributed by atoms with E-state index in [1.807, 2.05) is 67.6 Å². The van der Waals surface area contributed by atoms with Gasteiger partial charge in [0.05, 0.1) is 5.57 Å². The Morgan fingerprint density at radius 3 is 2.17 bits per heavy atom. The van der Waals surface area contributed by atoms with Gasteiger partial charge in [-0.3, -0.25) is 9.59 Å². The number of hydrogen-bond donors (Lipinski definition) is 1. The second kappa shape index (κ2) is 12.0. The Morgan fingerprint density at radius 1 is 0.825 bits per heavy atom. The highest BCUT2D eigenvalue weighted by Crippen LogP contribution is 2.45. The van der Waals surface area contributed by atoms with Crippen LogP contribution in [-0.2, 0) is 19.1 Å². The number of Topliss-reactive ketones (excluding diaryl/α,β-unsaturated/α-hetero) is 1. The van der Waals surface area contributed by atoms with Gasteiger partial charge in [-0.15, -0.1) is 0 Å². The minimum absolute atomic E-state index is 0.0122. The van der Waals surface area contributed by atoms with Crippen LogP contribution in [0.4, 0.5) is 0 Å². The third-order valence-electron chi connectivity index (χ3n) is 7.12. The quantitative estimate of drug-likeness (QED) is 0.227. The highest BCUT2D eigenvalue weighted by atomic mass is 16.6. The number of hydrogen-bond acceptors (Lipinski definition) is 7. The highest BCUT2D eigenvalue weighted by Gasteiger charge is 2.41. The predicted octanol–water partition coefficient (Wildman–Crippen LogP) is 5.60. The summed E-state index contributed by atoms with van der Waals surface area (Å²) in [6.07, 6.45) is 0.997. The van der Waals surface area contributed by atoms with E-state index in [9.17, 15) is 14.4 Å². The van der Waals surface area contributed by atoms with Gasteiger partial charge in [0.1, 0.15) is 24.7 Å². The van der Waals surface area contributed by atoms with Gasteiger partial charge < -0.3 is 19.5 Å². The molecule has 2 atom stereocenters. The molecule has 204 valence electrons. The monoisotopic (exact) mass is 537 g/mol. The molecule has 1 heterocycles. The first-order valence-electron chi connectivity index (χ1n) is 13.3. The van der Waals surface area contributed by atoms with E-state index < -0.39 is 17.9 Å². The van der Waals surface area contributed by atoms with Crippen LogP contribution in [0.5, 0.6) is 11.5 Å². The standard InChI is InChI=1S/C33H31NO6/c1-21-30(33(37)39-18-17-38-26-11-7-4-8-12-26)31(24-13-15-27(16-14-24)40-22(2)35)32-28(34-21)19-25(20-29(32)36)23-9-5-3-6-10-23/h3-16,25,31,34H,17-20H2,1-2H3. The number of rotatable bonds is 8. The zero-order valence-corrected chi connectivity index (χ0v) is 22.5. The van der Waals surface area contributed by atoms with Gasteiger partial charge in [0, 0.05) is 36.2 Å². The Labute approximate surface area is 233 Å². The van der Waals surface area contributed by atoms with Gasteiger partial charge in [-0.05, 0) is 54.7 Å². The molecule has 7 nitrogen and oxygen atoms in total. The van der Waals surface area contributed by atoms with Crippen molar-refractivity contribution in [2.24, 2.45) is 0 Å². The molecule has 0 saturated heterocycles. The number of carbonyl (C=O) groups excluding carboxylic acids is 3. The molecular formula is C33H31NO6. The molecule has 0 saturated carbocycles. The molecule has 1 N–H and O–H groups in total. The fraction of sp³-hybridized carbons (Fsp3) is 0.242. The number of carbonyl (C=O) groups is 3. The molecule has 3 aromatic carbocycles. The molecule has 1 aliphatic heterocycles. The topological polar surface area (TPSA) is 90.9 Å². The van der Waals surface area contributed by atoms with E-state index in [4.69, 9.17) is 14.2 Å². The Morgan fingerprint density at radius 2 is 1.50 bits per heavy atom. The summed E-state index contributed by atoms with van der Waals surface area (Å²) in [4.78, 5) is 38.7. The number of allylic oxidation sites excluding steroid dienone is 3. The van der Waals surface area contributed by atoms with Crippen LogP contribution in [0.15, 0.2) is 107 Å². The highest BCUT2D eigenvalue weighted by molar-refractivity contribution is 6.04. The first-order chi connectivity index (χ1) is 19.4. The van der Waals surface area contributed by atoms with Gasteiger partial charge >= 0.3 is 11.9 Å². The lowest BCUT2D eigenvalue weighted by Gasteiger charge is -2.36. The van der Waals surface area contributed by atoms with Gasteiger partial charge in [0.25, 0.3) is 0 Å². The van der Waals surface area contributed by atoms with Crippen LogP contribution >= 0.6 is 0 Å². The fourth-order valence-electron chi connectivity index (χ4n) is 5.39. The largest absolute Gasteiger partial charge is 0.490 e. The second-order valence-electron chi connectivity index (χ2n) is 9.89. The van der Waals surface area contributed by atoms with Crippen molar-refractivity contribution in [2.75, 3.05) is 13.2 Å². The zero-order chi connectivity index (χ0) is 28.1. The van der Waals surface area contributed by atoms with Crippen LogP contribution in [-0.4, -0.2) is 30.9 Å². The van der Waals surface area contributed by atoms with Crippen LogP contribution in [0.25, 0.3) is 0 Å². The normalized spacial score (nSPS) is 18.5. The Balaban J connectivity index is 1.42. The molecule has 0 radical (unpaired) electrons. The maximum Gasteiger partial charge on any atom is 0.336 e. The predicted molar refractivity (Wildman–Crippen MR) is 150 cm³/mol. The third kappa shape index (κ3) is 5.99. The molecule has 40 heavy (non-hydrogen) atoms. The van der Waals surface area contributed by atoms with E-state index in [1.165, 1.54) is 6.92 Å². The molecule has 5 rings (SSSR count). The lowest BCUT2D eigenvalue weighted by molar-refractivity contribution is -0.140. The van der Waals surface area contributed by atoms with E-state index >= 15 is 0 Å². The van der Waals surface area contributed by atoms with Crippen molar-refractivity contribution >= 4 is 17.7 Å². The zero-order valence-electron chi connectivity index (χ0n) is 22.5. The number of ketones is 1. The lowest BCUT2D eigenvalue weighted by Crippen LogP contribution is -2.36. The molecule has 0 fully saturated rings. The van der Waals surface area contributed by atoms with E-state index in [1.54, 1.807) is 24.3 Å². The van der Waals surface area contributed by atoms with E-state index in [2.05, 4.69) is 5.32 Å². The van der Waals surface area contributed by atoms with Crippen LogP contribution in [0.1, 0.15) is 49.7 Å². The summed E-state index contributed by atoms with van der Waals surface area (Å²) in [6.45, 7) is 3.42. The summed E-state index contributed by atoms with van der Waals surface area (Å²) in [7, 11) is 0. The molecule has 7 heteroatoms. The maximum absolute atomic E-state index is 13.7. The molecule has 0 bridgehead atoms. The summed E-state index contributed by atoms with van der Waals surface area (Å²) < 4.78 is 16.5. The number of ether oxygens (including phenoxy) is 3. The molecule has 0 aromatic heterocycles. The first-order valence-corrected chi connectivity index (χ1v) is 13.3. The van der Waals surface area contributed by atoms with Crippen molar-refractivity contribution in [3.8, 4) is 11.5 Å². The average Bonchev–Trinajstić information content (AvgIpc) is 2.95. The SMILES string of the molecule is CC(=O)Oc1ccc(C2C(C(=O)OCCOc3ccccc3)=C(C)NC3=C2C(=O)CC(c2ccccc2)C3)cc1. The smallest absolute Gasteiger partial charge is 0.336 e. The van der Waals surface area contributed by atoms with Gasteiger partial charge in [0.15, 0.2) is 5.78 Å². The second-order valence-corrected chi connectivity index (χ2v) is 9.89. The summed E-state index contributed by atoms with van der Waals surface area (Å²) in [5.74, 6) is -0.442. The number of nitrogens with one attached hydrogen (secondary N) is 1. The maximum atomic E-state index is 13.7. The van der Waals surface area contributed by atoms with Crippen molar-refractivity contribution in [1.82, 2.24) is 5.32 Å². The number of esters is 2. The summed E-state index contributed by atoms with van der Waals surface area (Å²) in [5, 5.41) is 3.37. The van der Waals surface area contributed by atoms with Crippen molar-refractivity contribution in [3.63, 3.8) is 0 Å². The molecular weight excluding hydrogens is 506 g/mol. The van der Waals surface area contributed by atoms with Gasteiger partial charge in [-0.25, -0.2) is 4.79 Å². The molecule has 2 aliphatic rings. The average molecular weight is 538 g/mol. The minimum Gasteiger partial charge on any atom is -0.490 e. The van der Waals surface area contributed by atoms with E-state index in [0.717, 1.165) is 16.8 Å². The number of benzene rings is 3.